The van der Waals surface area contributed by atoms with Gasteiger partial charge in [-0.25, -0.2) is 9.78 Å². The Balaban J connectivity index is 1.71. The van der Waals surface area contributed by atoms with Crippen molar-refractivity contribution in [3.63, 3.8) is 0 Å². The summed E-state index contributed by atoms with van der Waals surface area (Å²) in [6, 6.07) is -0.912. The first-order valence-corrected chi connectivity index (χ1v) is 10.9. The van der Waals surface area contributed by atoms with Gasteiger partial charge in [-0.05, 0) is 0 Å². The lowest BCUT2D eigenvalue weighted by molar-refractivity contribution is -0.160. The number of nitrogens with zero attached hydrogens (tertiary/aromatic N) is 2. The molecule has 3 rings (SSSR count). The highest BCUT2D eigenvalue weighted by atomic mass is 35.5. The van der Waals surface area contributed by atoms with Crippen molar-refractivity contribution in [1.29, 1.82) is 0 Å². The number of nitrogens with one attached hydrogen (secondary N) is 1. The Labute approximate surface area is 187 Å². The number of nitrogens with two attached hydrogens (primary N) is 2. The van der Waals surface area contributed by atoms with E-state index < -0.39 is 47.3 Å². The van der Waals surface area contributed by atoms with Gasteiger partial charge in [-0.2, -0.15) is 0 Å². The van der Waals surface area contributed by atoms with Gasteiger partial charge in [0.2, 0.25) is 5.91 Å². The summed E-state index contributed by atoms with van der Waals surface area (Å²) in [7, 11) is 0. The fourth-order valence-electron chi connectivity index (χ4n) is 3.03. The van der Waals surface area contributed by atoms with Gasteiger partial charge in [-0.3, -0.25) is 14.4 Å². The van der Waals surface area contributed by atoms with E-state index in [4.69, 9.17) is 34.7 Å². The van der Waals surface area contributed by atoms with E-state index in [0.717, 1.165) is 23.1 Å². The van der Waals surface area contributed by atoms with Crippen LogP contribution in [0.4, 0.5) is 9.93 Å². The number of carboxylic acid groups (broad SMARTS) is 1. The molecule has 1 aromatic rings. The van der Waals surface area contributed by atoms with Gasteiger partial charge in [0.05, 0.1) is 11.3 Å². The van der Waals surface area contributed by atoms with E-state index in [1.165, 1.54) is 10.3 Å². The Bertz CT molecular complexity index is 952. The molecule has 0 aliphatic carbocycles. The van der Waals surface area contributed by atoms with Gasteiger partial charge in [0.15, 0.2) is 5.13 Å². The van der Waals surface area contributed by atoms with Gasteiger partial charge < -0.3 is 31.5 Å². The molecule has 15 heteroatoms. The highest BCUT2D eigenvalue weighted by Gasteiger charge is 2.58. The van der Waals surface area contributed by atoms with Crippen LogP contribution < -0.4 is 16.8 Å². The number of thioether (sulfide) groups is 1. The first kappa shape index (κ1) is 22.5. The molecule has 0 radical (unpaired) electrons. The lowest BCUT2D eigenvalue weighted by Gasteiger charge is -2.53. The van der Waals surface area contributed by atoms with Gasteiger partial charge in [-0.1, -0.05) is 23.2 Å². The summed E-state index contributed by atoms with van der Waals surface area (Å²) in [6.07, 6.45) is -1.11. The summed E-state index contributed by atoms with van der Waals surface area (Å²) in [4.78, 5) is 53.1. The molecule has 30 heavy (non-hydrogen) atoms. The fourth-order valence-corrected chi connectivity index (χ4v) is 5.47. The number of ether oxygens (including phenoxy) is 1. The second kappa shape index (κ2) is 8.49. The SMILES string of the molecule is NC(=O)OCC1(C(=O)O)CS[C@@H]2C(NC(=O)C(=C(Cl)Cl)c3csc(N)n3)C(=O)N2C1. The number of carbonyl (C=O) groups excluding carboxylic acids is 3. The Morgan fingerprint density at radius 3 is 2.67 bits per heavy atom. The third kappa shape index (κ3) is 4.15. The maximum Gasteiger partial charge on any atom is 0.404 e. The number of amides is 3. The Morgan fingerprint density at radius 1 is 1.43 bits per heavy atom. The smallest absolute Gasteiger partial charge is 0.404 e. The molecule has 2 fully saturated rings. The zero-order valence-electron chi connectivity index (χ0n) is 15.0. The Hall–Kier alpha value is -2.22. The second-order valence-electron chi connectivity index (χ2n) is 6.52. The highest BCUT2D eigenvalue weighted by molar-refractivity contribution is 8.00. The number of β-lactam (4-membered cyclic amide) rings is 1. The number of primary amides is 1. The van der Waals surface area contributed by atoms with E-state index in [2.05, 4.69) is 15.0 Å². The molecule has 6 N–H and O–H groups in total. The molecule has 2 aliphatic rings. The second-order valence-corrected chi connectivity index (χ2v) is 9.46. The molecular formula is C15H15Cl2N5O6S2. The van der Waals surface area contributed by atoms with E-state index in [0.29, 0.717) is 0 Å². The number of aliphatic carboxylic acids is 1. The van der Waals surface area contributed by atoms with Crippen LogP contribution in [0, 0.1) is 5.41 Å². The van der Waals surface area contributed by atoms with Gasteiger partial charge in [0, 0.05) is 17.7 Å². The quantitative estimate of drug-likeness (QED) is 0.321. The van der Waals surface area contributed by atoms with Crippen LogP contribution >= 0.6 is 46.3 Å². The number of nitrogen functional groups attached to an aromatic ring is 1. The van der Waals surface area contributed by atoms with Crippen LogP contribution in [0.15, 0.2) is 9.87 Å². The first-order chi connectivity index (χ1) is 14.1. The average molecular weight is 496 g/mol. The number of fused-ring (bicyclic) bond motifs is 1. The molecule has 0 saturated carbocycles. The molecule has 1 aromatic heterocycles. The lowest BCUT2D eigenvalue weighted by Crippen LogP contribution is -2.74. The van der Waals surface area contributed by atoms with Crippen LogP contribution in [0.25, 0.3) is 5.57 Å². The predicted octanol–water partition coefficient (Wildman–Crippen LogP) is 0.438. The number of halogens is 2. The van der Waals surface area contributed by atoms with Gasteiger partial charge >= 0.3 is 12.1 Å². The topological polar surface area (TPSA) is 178 Å². The fraction of sp³-hybridized carbons (Fsp3) is 0.400. The summed E-state index contributed by atoms with van der Waals surface area (Å²) >= 11 is 13.9. The molecular weight excluding hydrogens is 481 g/mol. The van der Waals surface area contributed by atoms with Crippen LogP contribution in [0.3, 0.4) is 0 Å². The van der Waals surface area contributed by atoms with Crippen molar-refractivity contribution in [2.45, 2.75) is 11.4 Å². The van der Waals surface area contributed by atoms with Crippen molar-refractivity contribution >= 4 is 80.9 Å². The normalized spacial score (nSPS) is 25.0. The molecule has 3 heterocycles. The molecule has 3 atom stereocenters. The van der Waals surface area contributed by atoms with E-state index in [-0.39, 0.29) is 33.2 Å². The molecule has 0 aromatic carbocycles. The average Bonchev–Trinajstić information content (AvgIpc) is 3.09. The van der Waals surface area contributed by atoms with Crippen molar-refractivity contribution in [3.05, 3.63) is 15.6 Å². The van der Waals surface area contributed by atoms with Crippen LogP contribution in [0.5, 0.6) is 0 Å². The van der Waals surface area contributed by atoms with Crippen LogP contribution in [0.2, 0.25) is 0 Å². The molecule has 0 bridgehead atoms. The monoisotopic (exact) mass is 495 g/mol. The molecule has 162 valence electrons. The number of hydrogen-bond acceptors (Lipinski definition) is 9. The predicted molar refractivity (Wildman–Crippen MR) is 111 cm³/mol. The van der Waals surface area contributed by atoms with Crippen LogP contribution in [-0.4, -0.2) is 69.2 Å². The third-order valence-electron chi connectivity index (χ3n) is 4.57. The molecule has 11 nitrogen and oxygen atoms in total. The molecule has 3 amide bonds. The number of thiazole rings is 1. The minimum Gasteiger partial charge on any atom is -0.481 e. The summed E-state index contributed by atoms with van der Waals surface area (Å²) in [5.74, 6) is -2.40. The number of carbonyl (C=O) groups is 4. The van der Waals surface area contributed by atoms with Crippen molar-refractivity contribution in [3.8, 4) is 0 Å². The summed E-state index contributed by atoms with van der Waals surface area (Å²) in [5.41, 5.74) is 9.04. The largest absolute Gasteiger partial charge is 0.481 e. The standard InChI is InChI=1S/C15H15Cl2N5O6S2/c16-8(17)6(5-1-29-13(18)20-5)9(23)21-7-10(24)22-2-15(12(25)26,3-28-14(19)27)4-30-11(7)22/h1,7,11H,2-4H2,(H2,18,20)(H2,19,27)(H,21,23)(H,25,26)/t7?,11-,15?/m1/s1. The summed E-state index contributed by atoms with van der Waals surface area (Å²) in [6.45, 7) is -0.668. The summed E-state index contributed by atoms with van der Waals surface area (Å²) < 4.78 is 4.33. The zero-order valence-corrected chi connectivity index (χ0v) is 18.1. The first-order valence-electron chi connectivity index (χ1n) is 8.21. The third-order valence-corrected chi connectivity index (χ3v) is 7.21. The van der Waals surface area contributed by atoms with Crippen molar-refractivity contribution in [2.75, 3.05) is 24.6 Å². The minimum absolute atomic E-state index is 0.0397. The van der Waals surface area contributed by atoms with Gasteiger partial charge in [-0.15, -0.1) is 23.1 Å². The van der Waals surface area contributed by atoms with E-state index in [9.17, 15) is 24.3 Å². The number of carboxylic acids is 1. The number of aromatic nitrogens is 1. The van der Waals surface area contributed by atoms with E-state index in [1.54, 1.807) is 0 Å². The Kier molecular flexibility index (Phi) is 6.36. The molecule has 2 aliphatic heterocycles. The van der Waals surface area contributed by atoms with Gasteiger partial charge in [0.1, 0.15) is 27.9 Å². The van der Waals surface area contributed by atoms with Gasteiger partial charge in [0.25, 0.3) is 5.91 Å². The van der Waals surface area contributed by atoms with Crippen molar-refractivity contribution in [1.82, 2.24) is 15.2 Å². The Morgan fingerprint density at radius 2 is 2.13 bits per heavy atom. The lowest BCUT2D eigenvalue weighted by atomic mass is 9.88. The van der Waals surface area contributed by atoms with Crippen LogP contribution in [-0.2, 0) is 19.1 Å². The van der Waals surface area contributed by atoms with Crippen molar-refractivity contribution in [2.24, 2.45) is 11.1 Å². The number of rotatable bonds is 6. The van der Waals surface area contributed by atoms with E-state index in [1.807, 2.05) is 0 Å². The maximum atomic E-state index is 12.7. The van der Waals surface area contributed by atoms with Crippen molar-refractivity contribution < 1.29 is 29.0 Å². The maximum absolute atomic E-state index is 12.7. The molecule has 2 unspecified atom stereocenters. The zero-order chi connectivity index (χ0) is 22.2. The molecule has 2 saturated heterocycles. The minimum atomic E-state index is -1.50. The van der Waals surface area contributed by atoms with E-state index >= 15 is 0 Å². The number of hydrogen-bond donors (Lipinski definition) is 4. The highest BCUT2D eigenvalue weighted by Crippen LogP contribution is 2.42. The van der Waals surface area contributed by atoms with Crippen LogP contribution in [0.1, 0.15) is 5.69 Å². The molecule has 0 spiro atoms. The number of anilines is 1. The summed E-state index contributed by atoms with van der Waals surface area (Å²) in [5, 5.41) is 13.3.